The molecular formula is C12H22N4. The van der Waals surface area contributed by atoms with Gasteiger partial charge < -0.3 is 22.9 Å². The second-order valence-corrected chi connectivity index (χ2v) is 4.79. The molecule has 1 aromatic rings. The Balaban J connectivity index is 3.63. The number of hydrogen-bond acceptors (Lipinski definition) is 4. The summed E-state index contributed by atoms with van der Waals surface area (Å²) >= 11 is 0. The summed E-state index contributed by atoms with van der Waals surface area (Å²) in [5, 5.41) is 0. The van der Waals surface area contributed by atoms with Gasteiger partial charge in [-0.25, -0.2) is 0 Å². The number of benzene rings is 1. The Morgan fingerprint density at radius 1 is 0.562 bits per heavy atom. The lowest BCUT2D eigenvalue weighted by Crippen LogP contribution is -2.13. The van der Waals surface area contributed by atoms with Gasteiger partial charge >= 0.3 is 0 Å². The Morgan fingerprint density at radius 2 is 0.750 bits per heavy atom. The van der Waals surface area contributed by atoms with E-state index in [1.165, 1.54) is 0 Å². The van der Waals surface area contributed by atoms with Crippen molar-refractivity contribution in [1.82, 2.24) is 0 Å². The highest BCUT2D eigenvalue weighted by atomic mass is 14.8. The van der Waals surface area contributed by atoms with E-state index in [4.69, 9.17) is 22.9 Å². The van der Waals surface area contributed by atoms with E-state index in [9.17, 15) is 0 Å². The van der Waals surface area contributed by atoms with Crippen LogP contribution in [0.2, 0.25) is 0 Å². The molecule has 16 heavy (non-hydrogen) atoms. The summed E-state index contributed by atoms with van der Waals surface area (Å²) in [5.74, 6) is 0.427. The van der Waals surface area contributed by atoms with Gasteiger partial charge in [0.05, 0.1) is 22.7 Å². The zero-order chi connectivity index (χ0) is 12.6. The van der Waals surface area contributed by atoms with Gasteiger partial charge in [-0.15, -0.1) is 0 Å². The molecule has 4 nitrogen and oxygen atoms in total. The lowest BCUT2D eigenvalue weighted by Gasteiger charge is -2.22. The fourth-order valence-electron chi connectivity index (χ4n) is 2.11. The molecule has 0 amide bonds. The molecule has 0 saturated heterocycles. The zero-order valence-electron chi connectivity index (χ0n) is 10.5. The van der Waals surface area contributed by atoms with Crippen LogP contribution in [0.3, 0.4) is 0 Å². The van der Waals surface area contributed by atoms with E-state index in [-0.39, 0.29) is 11.8 Å². The molecule has 0 fully saturated rings. The first kappa shape index (κ1) is 12.5. The van der Waals surface area contributed by atoms with Gasteiger partial charge in [-0.3, -0.25) is 0 Å². The van der Waals surface area contributed by atoms with Crippen molar-refractivity contribution in [2.45, 2.75) is 39.5 Å². The highest BCUT2D eigenvalue weighted by Gasteiger charge is 2.20. The van der Waals surface area contributed by atoms with E-state index in [1.54, 1.807) is 0 Å². The van der Waals surface area contributed by atoms with E-state index in [2.05, 4.69) is 0 Å². The number of nitrogen functional groups attached to an aromatic ring is 4. The number of rotatable bonds is 2. The summed E-state index contributed by atoms with van der Waals surface area (Å²) in [6, 6.07) is 0. The Kier molecular flexibility index (Phi) is 3.21. The molecule has 1 aromatic carbocycles. The smallest absolute Gasteiger partial charge is 0.0608 e. The molecule has 0 spiro atoms. The van der Waals surface area contributed by atoms with Gasteiger partial charge in [0.15, 0.2) is 0 Å². The summed E-state index contributed by atoms with van der Waals surface area (Å²) in [7, 11) is 0. The highest BCUT2D eigenvalue weighted by molar-refractivity contribution is 5.89. The predicted molar refractivity (Wildman–Crippen MR) is 72.3 cm³/mol. The van der Waals surface area contributed by atoms with Gasteiger partial charge in [-0.2, -0.15) is 0 Å². The molecule has 0 unspecified atom stereocenters. The van der Waals surface area contributed by atoms with Crippen molar-refractivity contribution in [2.75, 3.05) is 22.9 Å². The molecule has 8 N–H and O–H groups in total. The normalized spacial score (nSPS) is 11.4. The van der Waals surface area contributed by atoms with Crippen LogP contribution in [0, 0.1) is 0 Å². The molecule has 4 heteroatoms. The van der Waals surface area contributed by atoms with Crippen LogP contribution in [0.15, 0.2) is 0 Å². The average Bonchev–Trinajstić information content (AvgIpc) is 2.14. The second kappa shape index (κ2) is 4.12. The summed E-state index contributed by atoms with van der Waals surface area (Å²) < 4.78 is 0. The standard InChI is InChI=1S/C12H22N4/c1-5(2)7-9(13)11(15)8(6(3)4)12(16)10(7)14/h5-6H,13-16H2,1-4H3. The highest BCUT2D eigenvalue weighted by Crippen LogP contribution is 2.43. The van der Waals surface area contributed by atoms with Crippen molar-refractivity contribution in [2.24, 2.45) is 0 Å². The predicted octanol–water partition coefficient (Wildman–Crippen LogP) is 2.26. The van der Waals surface area contributed by atoms with Gasteiger partial charge in [0.25, 0.3) is 0 Å². The molecular weight excluding hydrogens is 200 g/mol. The fraction of sp³-hybridized carbons (Fsp3) is 0.500. The molecule has 0 radical (unpaired) electrons. The van der Waals surface area contributed by atoms with Crippen molar-refractivity contribution >= 4 is 22.7 Å². The van der Waals surface area contributed by atoms with Crippen LogP contribution in [-0.4, -0.2) is 0 Å². The SMILES string of the molecule is CC(C)c1c(N)c(N)c(C(C)C)c(N)c1N. The van der Waals surface area contributed by atoms with Crippen LogP contribution in [-0.2, 0) is 0 Å². The Bertz CT molecular complexity index is 340. The molecule has 90 valence electrons. The minimum atomic E-state index is 0.214. The third kappa shape index (κ3) is 1.75. The molecule has 1 rings (SSSR count). The van der Waals surface area contributed by atoms with Crippen LogP contribution >= 0.6 is 0 Å². The van der Waals surface area contributed by atoms with Crippen LogP contribution in [0.25, 0.3) is 0 Å². The van der Waals surface area contributed by atoms with Crippen LogP contribution < -0.4 is 22.9 Å². The lowest BCUT2D eigenvalue weighted by atomic mass is 9.90. The van der Waals surface area contributed by atoms with Crippen molar-refractivity contribution in [3.8, 4) is 0 Å². The maximum atomic E-state index is 6.03. The average molecular weight is 222 g/mol. The van der Waals surface area contributed by atoms with Crippen molar-refractivity contribution in [3.63, 3.8) is 0 Å². The van der Waals surface area contributed by atoms with Gasteiger partial charge in [-0.05, 0) is 11.8 Å². The van der Waals surface area contributed by atoms with Gasteiger partial charge in [0.1, 0.15) is 0 Å². The van der Waals surface area contributed by atoms with Gasteiger partial charge in [-0.1, -0.05) is 27.7 Å². The minimum absolute atomic E-state index is 0.214. The fourth-order valence-corrected chi connectivity index (χ4v) is 2.11. The van der Waals surface area contributed by atoms with E-state index in [0.717, 1.165) is 11.1 Å². The third-order valence-corrected chi connectivity index (χ3v) is 2.90. The maximum Gasteiger partial charge on any atom is 0.0608 e. The summed E-state index contributed by atoms with van der Waals surface area (Å²) in [4.78, 5) is 0. The zero-order valence-corrected chi connectivity index (χ0v) is 10.5. The molecule has 0 bridgehead atoms. The van der Waals surface area contributed by atoms with Crippen LogP contribution in [0.1, 0.15) is 50.7 Å². The molecule has 0 atom stereocenters. The van der Waals surface area contributed by atoms with E-state index >= 15 is 0 Å². The van der Waals surface area contributed by atoms with Crippen molar-refractivity contribution < 1.29 is 0 Å². The van der Waals surface area contributed by atoms with E-state index in [1.807, 2.05) is 27.7 Å². The van der Waals surface area contributed by atoms with Crippen LogP contribution in [0.5, 0.6) is 0 Å². The van der Waals surface area contributed by atoms with Crippen LogP contribution in [0.4, 0.5) is 22.7 Å². The van der Waals surface area contributed by atoms with Gasteiger partial charge in [0, 0.05) is 11.1 Å². The topological polar surface area (TPSA) is 104 Å². The van der Waals surface area contributed by atoms with E-state index < -0.39 is 0 Å². The minimum Gasteiger partial charge on any atom is -0.397 e. The first-order valence-electron chi connectivity index (χ1n) is 5.54. The number of nitrogens with two attached hydrogens (primary N) is 4. The summed E-state index contributed by atoms with van der Waals surface area (Å²) in [5.41, 5.74) is 28.1. The van der Waals surface area contributed by atoms with Crippen molar-refractivity contribution in [3.05, 3.63) is 11.1 Å². The maximum absolute atomic E-state index is 6.03. The number of hydrogen-bond donors (Lipinski definition) is 4. The van der Waals surface area contributed by atoms with Gasteiger partial charge in [0.2, 0.25) is 0 Å². The largest absolute Gasteiger partial charge is 0.397 e. The first-order chi connectivity index (χ1) is 7.29. The summed E-state index contributed by atoms with van der Waals surface area (Å²) in [6.07, 6.45) is 0. The second-order valence-electron chi connectivity index (χ2n) is 4.79. The Hall–Kier alpha value is -1.58. The molecule has 0 saturated carbocycles. The summed E-state index contributed by atoms with van der Waals surface area (Å²) in [6.45, 7) is 8.10. The molecule has 0 aliphatic heterocycles. The Labute approximate surface area is 97.0 Å². The lowest BCUT2D eigenvalue weighted by molar-refractivity contribution is 0.856. The van der Waals surface area contributed by atoms with E-state index in [0.29, 0.717) is 22.7 Å². The van der Waals surface area contributed by atoms with Crippen molar-refractivity contribution in [1.29, 1.82) is 0 Å². The third-order valence-electron chi connectivity index (χ3n) is 2.90. The molecule has 0 aromatic heterocycles. The first-order valence-corrected chi connectivity index (χ1v) is 5.54. The quantitative estimate of drug-likeness (QED) is 0.576. The molecule has 0 aliphatic rings. The Morgan fingerprint density at radius 3 is 0.875 bits per heavy atom. The number of anilines is 4. The monoisotopic (exact) mass is 222 g/mol. The molecule has 0 heterocycles. The molecule has 0 aliphatic carbocycles.